The number of allylic oxidation sites excluding steroid dienone is 2. The third kappa shape index (κ3) is 15.6. The molecule has 0 heterocycles. The number of aliphatic hydroxyl groups excluding tert-OH is 1. The van der Waals surface area contributed by atoms with Gasteiger partial charge in [-0.3, -0.25) is 0 Å². The molecule has 0 aromatic carbocycles. The molecule has 0 aliphatic rings. The molecule has 0 aliphatic heterocycles. The number of rotatable bonds is 14. The first kappa shape index (κ1) is 18.7. The lowest BCUT2D eigenvalue weighted by Crippen LogP contribution is -2.05. The van der Waals surface area contributed by atoms with E-state index in [9.17, 15) is 5.11 Å². The van der Waals surface area contributed by atoms with Gasteiger partial charge in [0.15, 0.2) is 0 Å². The molecule has 0 fully saturated rings. The van der Waals surface area contributed by atoms with E-state index < -0.39 is 0 Å². The van der Waals surface area contributed by atoms with Gasteiger partial charge < -0.3 is 5.11 Å². The minimum Gasteiger partial charge on any atom is -0.393 e. The second-order valence-corrected chi connectivity index (χ2v) is 5.75. The zero-order chi connectivity index (χ0) is 14.2. The molecular weight excluding hydrogens is 232 g/mol. The summed E-state index contributed by atoms with van der Waals surface area (Å²) >= 11 is 0. The van der Waals surface area contributed by atoms with E-state index in [1.165, 1.54) is 64.2 Å². The van der Waals surface area contributed by atoms with Crippen molar-refractivity contribution in [1.82, 2.24) is 0 Å². The van der Waals surface area contributed by atoms with Crippen LogP contribution in [0, 0.1) is 0 Å². The van der Waals surface area contributed by atoms with Gasteiger partial charge >= 0.3 is 0 Å². The Labute approximate surface area is 121 Å². The molecule has 0 radical (unpaired) electrons. The molecular formula is C18H36O. The molecule has 19 heavy (non-hydrogen) atoms. The third-order valence-electron chi connectivity index (χ3n) is 3.70. The molecule has 0 aromatic heterocycles. The summed E-state index contributed by atoms with van der Waals surface area (Å²) in [7, 11) is 0. The number of hydrogen-bond acceptors (Lipinski definition) is 1. The molecule has 0 rings (SSSR count). The third-order valence-corrected chi connectivity index (χ3v) is 3.70. The fraction of sp³-hybridized carbons (Fsp3) is 0.889. The summed E-state index contributed by atoms with van der Waals surface area (Å²) in [5.41, 5.74) is 0. The van der Waals surface area contributed by atoms with Crippen LogP contribution in [0.15, 0.2) is 12.2 Å². The van der Waals surface area contributed by atoms with Crippen molar-refractivity contribution in [3.63, 3.8) is 0 Å². The van der Waals surface area contributed by atoms with Crippen molar-refractivity contribution < 1.29 is 5.11 Å². The molecule has 1 nitrogen and oxygen atoms in total. The van der Waals surface area contributed by atoms with Crippen molar-refractivity contribution in [2.24, 2.45) is 0 Å². The van der Waals surface area contributed by atoms with Gasteiger partial charge in [0.05, 0.1) is 6.10 Å². The highest BCUT2D eigenvalue weighted by Crippen LogP contribution is 2.10. The Morgan fingerprint density at radius 2 is 1.26 bits per heavy atom. The quantitative estimate of drug-likeness (QED) is 0.302. The summed E-state index contributed by atoms with van der Waals surface area (Å²) in [5, 5.41) is 9.77. The van der Waals surface area contributed by atoms with Crippen LogP contribution < -0.4 is 0 Å². The van der Waals surface area contributed by atoms with Gasteiger partial charge in [-0.2, -0.15) is 0 Å². The molecule has 0 bridgehead atoms. The van der Waals surface area contributed by atoms with E-state index in [0.717, 1.165) is 19.3 Å². The number of unbranched alkanes of at least 4 members (excludes halogenated alkanes) is 8. The smallest absolute Gasteiger partial charge is 0.0543 e. The van der Waals surface area contributed by atoms with E-state index in [-0.39, 0.29) is 6.10 Å². The van der Waals surface area contributed by atoms with Crippen LogP contribution in [0.2, 0.25) is 0 Å². The fourth-order valence-corrected chi connectivity index (χ4v) is 2.34. The van der Waals surface area contributed by atoms with E-state index in [2.05, 4.69) is 26.0 Å². The van der Waals surface area contributed by atoms with Gasteiger partial charge in [0.1, 0.15) is 0 Å². The van der Waals surface area contributed by atoms with Crippen LogP contribution in [-0.2, 0) is 0 Å². The maximum atomic E-state index is 9.77. The molecule has 114 valence electrons. The number of aliphatic hydroxyl groups is 1. The Morgan fingerprint density at radius 1 is 0.684 bits per heavy atom. The monoisotopic (exact) mass is 268 g/mol. The van der Waals surface area contributed by atoms with E-state index in [1.807, 2.05) is 0 Å². The van der Waals surface area contributed by atoms with Crippen molar-refractivity contribution in [3.05, 3.63) is 12.2 Å². The maximum absolute atomic E-state index is 9.77. The molecule has 0 aliphatic carbocycles. The van der Waals surface area contributed by atoms with Crippen LogP contribution in [0.3, 0.4) is 0 Å². The highest BCUT2D eigenvalue weighted by atomic mass is 16.3. The van der Waals surface area contributed by atoms with Crippen molar-refractivity contribution >= 4 is 0 Å². The largest absolute Gasteiger partial charge is 0.393 e. The molecule has 0 aromatic rings. The first-order chi connectivity index (χ1) is 9.31. The second-order valence-electron chi connectivity index (χ2n) is 5.75. The summed E-state index contributed by atoms with van der Waals surface area (Å²) in [6, 6.07) is 0. The van der Waals surface area contributed by atoms with E-state index in [1.54, 1.807) is 0 Å². The maximum Gasteiger partial charge on any atom is 0.0543 e. The van der Waals surface area contributed by atoms with Crippen LogP contribution in [0.4, 0.5) is 0 Å². The first-order valence-corrected chi connectivity index (χ1v) is 8.64. The van der Waals surface area contributed by atoms with Crippen molar-refractivity contribution in [3.8, 4) is 0 Å². The van der Waals surface area contributed by atoms with E-state index in [0.29, 0.717) is 0 Å². The second kappa shape index (κ2) is 15.8. The zero-order valence-corrected chi connectivity index (χ0v) is 13.4. The number of hydrogen-bond donors (Lipinski definition) is 1. The highest BCUT2D eigenvalue weighted by Gasteiger charge is 2.01. The molecule has 1 unspecified atom stereocenters. The average molecular weight is 268 g/mol. The fourth-order valence-electron chi connectivity index (χ4n) is 2.34. The Kier molecular flexibility index (Phi) is 15.5. The van der Waals surface area contributed by atoms with Gasteiger partial charge in [0.2, 0.25) is 0 Å². The summed E-state index contributed by atoms with van der Waals surface area (Å²) < 4.78 is 0. The van der Waals surface area contributed by atoms with Gasteiger partial charge in [-0.05, 0) is 32.1 Å². The Hall–Kier alpha value is -0.300. The summed E-state index contributed by atoms with van der Waals surface area (Å²) in [6.45, 7) is 4.47. The summed E-state index contributed by atoms with van der Waals surface area (Å²) in [4.78, 5) is 0. The lowest BCUT2D eigenvalue weighted by Gasteiger charge is -2.07. The molecule has 1 N–H and O–H groups in total. The average Bonchev–Trinajstić information content (AvgIpc) is 2.41. The lowest BCUT2D eigenvalue weighted by atomic mass is 10.1. The Balaban J connectivity index is 3.20. The normalized spacial score (nSPS) is 13.2. The minimum atomic E-state index is -0.0785. The van der Waals surface area contributed by atoms with Crippen LogP contribution in [-0.4, -0.2) is 11.2 Å². The van der Waals surface area contributed by atoms with Crippen LogP contribution >= 0.6 is 0 Å². The minimum absolute atomic E-state index is 0.0785. The molecule has 0 amide bonds. The Morgan fingerprint density at radius 3 is 2.00 bits per heavy atom. The van der Waals surface area contributed by atoms with Gasteiger partial charge in [-0.25, -0.2) is 0 Å². The topological polar surface area (TPSA) is 20.2 Å². The molecule has 0 spiro atoms. The predicted molar refractivity (Wildman–Crippen MR) is 86.5 cm³/mol. The van der Waals surface area contributed by atoms with E-state index in [4.69, 9.17) is 0 Å². The summed E-state index contributed by atoms with van der Waals surface area (Å²) in [5.74, 6) is 0. The lowest BCUT2D eigenvalue weighted by molar-refractivity contribution is 0.152. The Bertz CT molecular complexity index is 186. The SMILES string of the molecule is CCCCCCCCC=CCCC(O)CCCCC. The van der Waals surface area contributed by atoms with Gasteiger partial charge in [0.25, 0.3) is 0 Å². The van der Waals surface area contributed by atoms with Gasteiger partial charge in [-0.1, -0.05) is 77.4 Å². The standard InChI is InChI=1S/C18H36O/c1-3-5-7-8-9-10-11-12-13-15-17-18(19)16-14-6-4-2/h12-13,18-19H,3-11,14-17H2,1-2H3. The highest BCUT2D eigenvalue weighted by molar-refractivity contribution is 4.82. The molecule has 1 atom stereocenters. The molecule has 0 saturated heterocycles. The van der Waals surface area contributed by atoms with Crippen LogP contribution in [0.1, 0.15) is 97.3 Å². The van der Waals surface area contributed by atoms with E-state index >= 15 is 0 Å². The van der Waals surface area contributed by atoms with Gasteiger partial charge in [-0.15, -0.1) is 0 Å². The zero-order valence-electron chi connectivity index (χ0n) is 13.4. The van der Waals surface area contributed by atoms with Crippen molar-refractivity contribution in [1.29, 1.82) is 0 Å². The first-order valence-electron chi connectivity index (χ1n) is 8.64. The van der Waals surface area contributed by atoms with Gasteiger partial charge in [0, 0.05) is 0 Å². The van der Waals surface area contributed by atoms with Crippen LogP contribution in [0.25, 0.3) is 0 Å². The van der Waals surface area contributed by atoms with Crippen LogP contribution in [0.5, 0.6) is 0 Å². The molecule has 1 heteroatoms. The van der Waals surface area contributed by atoms with Crippen molar-refractivity contribution in [2.45, 2.75) is 103 Å². The predicted octanol–water partition coefficient (Wildman–Crippen LogP) is 6.01. The molecule has 0 saturated carbocycles. The summed E-state index contributed by atoms with van der Waals surface area (Å²) in [6.07, 6.45) is 20.6. The van der Waals surface area contributed by atoms with Crippen molar-refractivity contribution in [2.75, 3.05) is 0 Å².